The monoisotopic (exact) mass is 358 g/mol. The molecule has 1 N–H and O–H groups in total. The van der Waals surface area contributed by atoms with E-state index >= 15 is 0 Å². The lowest BCUT2D eigenvalue weighted by molar-refractivity contribution is -0.125. The van der Waals surface area contributed by atoms with Crippen molar-refractivity contribution in [1.82, 2.24) is 4.72 Å². The Balaban J connectivity index is 2.16. The van der Waals surface area contributed by atoms with Crippen molar-refractivity contribution in [2.45, 2.75) is 31.8 Å². The largest absolute Gasteiger partial charge is 0.479 e. The molecule has 1 atom stereocenters. The van der Waals surface area contributed by atoms with E-state index in [2.05, 4.69) is 0 Å². The standard InChI is InChI=1S/C18H18N2O4S/c1-12-8-9-17(13(2)10-12)25(22,23)20-18(21)14(3)24-16-7-5-4-6-15(16)11-19/h4-10,14H,1-3H3,(H,20,21)/t14-/m0/s1. The molecule has 0 heterocycles. The molecule has 0 bridgehead atoms. The number of nitriles is 1. The van der Waals surface area contributed by atoms with E-state index in [1.165, 1.54) is 13.0 Å². The SMILES string of the molecule is Cc1ccc(S(=O)(=O)NC(=O)[C@H](C)Oc2ccccc2C#N)c(C)c1. The second-order valence-electron chi connectivity index (χ2n) is 5.61. The van der Waals surface area contributed by atoms with Crippen molar-refractivity contribution in [2.24, 2.45) is 0 Å². The molecule has 130 valence electrons. The molecule has 0 aliphatic carbocycles. The van der Waals surface area contributed by atoms with Crippen LogP contribution in [0.25, 0.3) is 0 Å². The van der Waals surface area contributed by atoms with E-state index in [-0.39, 0.29) is 16.2 Å². The average molecular weight is 358 g/mol. The van der Waals surface area contributed by atoms with Gasteiger partial charge in [-0.25, -0.2) is 13.1 Å². The van der Waals surface area contributed by atoms with Crippen LogP contribution in [0.15, 0.2) is 47.4 Å². The minimum atomic E-state index is -4.00. The maximum absolute atomic E-state index is 12.4. The summed E-state index contributed by atoms with van der Waals surface area (Å²) in [6.07, 6.45) is -1.09. The predicted molar refractivity (Wildman–Crippen MR) is 92.5 cm³/mol. The van der Waals surface area contributed by atoms with Gasteiger partial charge in [0.15, 0.2) is 6.10 Å². The number of hydrogen-bond donors (Lipinski definition) is 1. The van der Waals surface area contributed by atoms with E-state index in [0.717, 1.165) is 5.56 Å². The van der Waals surface area contributed by atoms with E-state index < -0.39 is 22.0 Å². The molecule has 0 radical (unpaired) electrons. The molecule has 0 spiro atoms. The van der Waals surface area contributed by atoms with Crippen molar-refractivity contribution in [2.75, 3.05) is 0 Å². The highest BCUT2D eigenvalue weighted by atomic mass is 32.2. The van der Waals surface area contributed by atoms with Crippen LogP contribution in [0.1, 0.15) is 23.6 Å². The first-order valence-electron chi connectivity index (χ1n) is 7.54. The molecule has 0 unspecified atom stereocenters. The number of nitrogens with one attached hydrogen (secondary N) is 1. The smallest absolute Gasteiger partial charge is 0.274 e. The summed E-state index contributed by atoms with van der Waals surface area (Å²) >= 11 is 0. The Bertz CT molecular complexity index is 946. The molecule has 2 rings (SSSR count). The molecule has 0 saturated heterocycles. The van der Waals surface area contributed by atoms with E-state index in [4.69, 9.17) is 10.00 Å². The third-order valence-corrected chi connectivity index (χ3v) is 5.04. The highest BCUT2D eigenvalue weighted by Crippen LogP contribution is 2.19. The molecular weight excluding hydrogens is 340 g/mol. The van der Waals surface area contributed by atoms with E-state index in [1.807, 2.05) is 17.7 Å². The summed E-state index contributed by atoms with van der Waals surface area (Å²) in [5, 5.41) is 9.03. The lowest BCUT2D eigenvalue weighted by atomic mass is 10.2. The summed E-state index contributed by atoms with van der Waals surface area (Å²) in [5.74, 6) is -0.593. The van der Waals surface area contributed by atoms with Crippen LogP contribution in [-0.2, 0) is 14.8 Å². The second kappa shape index (κ2) is 7.36. The van der Waals surface area contributed by atoms with Gasteiger partial charge in [0.05, 0.1) is 10.5 Å². The van der Waals surface area contributed by atoms with Crippen LogP contribution < -0.4 is 9.46 Å². The fourth-order valence-electron chi connectivity index (χ4n) is 2.28. The molecule has 1 amide bonds. The van der Waals surface area contributed by atoms with Gasteiger partial charge in [-0.15, -0.1) is 0 Å². The van der Waals surface area contributed by atoms with Crippen molar-refractivity contribution in [3.8, 4) is 11.8 Å². The number of sulfonamides is 1. The van der Waals surface area contributed by atoms with Crippen LogP contribution in [0, 0.1) is 25.2 Å². The Hall–Kier alpha value is -2.85. The number of benzene rings is 2. The second-order valence-corrected chi connectivity index (χ2v) is 7.26. The average Bonchev–Trinajstić information content (AvgIpc) is 2.54. The minimum Gasteiger partial charge on any atom is -0.479 e. The number of nitrogens with zero attached hydrogens (tertiary/aromatic N) is 1. The zero-order valence-electron chi connectivity index (χ0n) is 14.1. The van der Waals surface area contributed by atoms with Gasteiger partial charge in [-0.2, -0.15) is 5.26 Å². The first-order valence-corrected chi connectivity index (χ1v) is 9.02. The summed E-state index contributed by atoms with van der Waals surface area (Å²) in [6.45, 7) is 4.93. The Morgan fingerprint density at radius 3 is 2.52 bits per heavy atom. The van der Waals surface area contributed by atoms with Gasteiger partial charge in [0.2, 0.25) is 0 Å². The first-order chi connectivity index (χ1) is 11.7. The Kier molecular flexibility index (Phi) is 5.45. The van der Waals surface area contributed by atoms with Crippen LogP contribution in [-0.4, -0.2) is 20.4 Å². The summed E-state index contributed by atoms with van der Waals surface area (Å²) in [6, 6.07) is 13.2. The van der Waals surface area contributed by atoms with Gasteiger partial charge in [-0.05, 0) is 44.5 Å². The summed E-state index contributed by atoms with van der Waals surface area (Å²) in [7, 11) is -4.00. The number of ether oxygens (including phenoxy) is 1. The summed E-state index contributed by atoms with van der Waals surface area (Å²) in [4.78, 5) is 12.3. The third kappa shape index (κ3) is 4.37. The predicted octanol–water partition coefficient (Wildman–Crippen LogP) is 2.45. The lowest BCUT2D eigenvalue weighted by Crippen LogP contribution is -2.40. The van der Waals surface area contributed by atoms with Crippen molar-refractivity contribution < 1.29 is 17.9 Å². The normalized spacial score (nSPS) is 12.1. The van der Waals surface area contributed by atoms with Crippen LogP contribution in [0.5, 0.6) is 5.75 Å². The molecule has 0 fully saturated rings. The fraction of sp³-hybridized carbons (Fsp3) is 0.222. The number of amides is 1. The van der Waals surface area contributed by atoms with Crippen LogP contribution >= 0.6 is 0 Å². The van der Waals surface area contributed by atoms with Gasteiger partial charge in [-0.3, -0.25) is 4.79 Å². The molecule has 2 aromatic carbocycles. The number of hydrogen-bond acceptors (Lipinski definition) is 5. The molecule has 7 heteroatoms. The molecule has 0 aliphatic heterocycles. The zero-order valence-corrected chi connectivity index (χ0v) is 14.9. The highest BCUT2D eigenvalue weighted by molar-refractivity contribution is 7.90. The van der Waals surface area contributed by atoms with Gasteiger partial charge >= 0.3 is 0 Å². The van der Waals surface area contributed by atoms with E-state index in [9.17, 15) is 13.2 Å². The quantitative estimate of drug-likeness (QED) is 0.885. The lowest BCUT2D eigenvalue weighted by Gasteiger charge is -2.16. The highest BCUT2D eigenvalue weighted by Gasteiger charge is 2.24. The Morgan fingerprint density at radius 2 is 1.88 bits per heavy atom. The Labute approximate surface area is 147 Å². The topological polar surface area (TPSA) is 96.3 Å². The van der Waals surface area contributed by atoms with E-state index in [0.29, 0.717) is 5.56 Å². The van der Waals surface area contributed by atoms with Gasteiger partial charge in [-0.1, -0.05) is 29.8 Å². The van der Waals surface area contributed by atoms with Gasteiger partial charge in [0.25, 0.3) is 15.9 Å². The third-order valence-electron chi connectivity index (χ3n) is 3.54. The van der Waals surface area contributed by atoms with Crippen molar-refractivity contribution in [3.63, 3.8) is 0 Å². The van der Waals surface area contributed by atoms with Crippen LogP contribution in [0.2, 0.25) is 0 Å². The molecule has 0 aliphatic rings. The molecule has 25 heavy (non-hydrogen) atoms. The molecule has 0 saturated carbocycles. The fourth-order valence-corrected chi connectivity index (χ4v) is 3.55. The van der Waals surface area contributed by atoms with E-state index in [1.54, 1.807) is 43.3 Å². The number of aryl methyl sites for hydroxylation is 2. The number of para-hydroxylation sites is 1. The molecule has 6 nitrogen and oxygen atoms in total. The number of carbonyl (C=O) groups is 1. The van der Waals surface area contributed by atoms with Crippen molar-refractivity contribution in [3.05, 3.63) is 59.2 Å². The molecular formula is C18H18N2O4S. The summed E-state index contributed by atoms with van der Waals surface area (Å²) in [5.41, 5.74) is 1.73. The maximum Gasteiger partial charge on any atom is 0.274 e. The van der Waals surface area contributed by atoms with Gasteiger partial charge < -0.3 is 4.74 Å². The van der Waals surface area contributed by atoms with Crippen LogP contribution in [0.3, 0.4) is 0 Å². The van der Waals surface area contributed by atoms with Gasteiger partial charge in [0.1, 0.15) is 11.8 Å². The van der Waals surface area contributed by atoms with Crippen molar-refractivity contribution in [1.29, 1.82) is 5.26 Å². The van der Waals surface area contributed by atoms with Crippen molar-refractivity contribution >= 4 is 15.9 Å². The van der Waals surface area contributed by atoms with Gasteiger partial charge in [0, 0.05) is 0 Å². The summed E-state index contributed by atoms with van der Waals surface area (Å²) < 4.78 is 32.3. The maximum atomic E-state index is 12.4. The first kappa shape index (κ1) is 18.5. The minimum absolute atomic E-state index is 0.0380. The Morgan fingerprint density at radius 1 is 1.20 bits per heavy atom. The molecule has 0 aromatic heterocycles. The number of rotatable bonds is 5. The number of carbonyl (C=O) groups excluding carboxylic acids is 1. The molecule has 2 aromatic rings. The zero-order chi connectivity index (χ0) is 18.6. The van der Waals surface area contributed by atoms with Crippen LogP contribution in [0.4, 0.5) is 0 Å².